The Morgan fingerprint density at radius 1 is 1.24 bits per heavy atom. The van der Waals surface area contributed by atoms with Crippen molar-refractivity contribution in [1.29, 1.82) is 0 Å². The van der Waals surface area contributed by atoms with E-state index in [9.17, 15) is 14.0 Å². The highest BCUT2D eigenvalue weighted by molar-refractivity contribution is 7.21. The number of hydrazine groups is 1. The lowest BCUT2D eigenvalue weighted by molar-refractivity contribution is 0.0846. The Balaban J connectivity index is 1.84. The predicted octanol–water partition coefficient (Wildman–Crippen LogP) is 3.16. The fourth-order valence-corrected chi connectivity index (χ4v) is 3.61. The number of nitrogens with one attached hydrogen (secondary N) is 2. The molecule has 3 rings (SSSR count). The molecule has 2 amide bonds. The van der Waals surface area contributed by atoms with Gasteiger partial charge in [-0.2, -0.15) is 0 Å². The van der Waals surface area contributed by atoms with Crippen LogP contribution in [0.5, 0.6) is 0 Å². The summed E-state index contributed by atoms with van der Waals surface area (Å²) in [5, 5.41) is 0.358. The van der Waals surface area contributed by atoms with Crippen molar-refractivity contribution in [1.82, 2.24) is 10.9 Å². The average Bonchev–Trinajstić information content (AvgIpc) is 3.17. The van der Waals surface area contributed by atoms with Gasteiger partial charge in [-0.15, -0.1) is 11.3 Å². The molecule has 8 heteroatoms. The molecule has 0 saturated heterocycles. The van der Waals surface area contributed by atoms with Crippen LogP contribution in [0.25, 0.3) is 10.1 Å². The minimum atomic E-state index is -0.540. The second-order valence-corrected chi connectivity index (χ2v) is 6.31. The van der Waals surface area contributed by atoms with Crippen LogP contribution in [0.1, 0.15) is 31.4 Å². The van der Waals surface area contributed by atoms with E-state index in [4.69, 9.17) is 9.15 Å². The molecule has 0 spiro atoms. The number of ether oxygens (including phenoxy) is 1. The molecule has 0 fully saturated rings. The lowest BCUT2D eigenvalue weighted by Crippen LogP contribution is -2.41. The summed E-state index contributed by atoms with van der Waals surface area (Å²) in [6, 6.07) is 6.14. The van der Waals surface area contributed by atoms with Gasteiger partial charge >= 0.3 is 0 Å². The number of halogens is 1. The molecule has 3 aromatic rings. The van der Waals surface area contributed by atoms with E-state index in [2.05, 4.69) is 10.9 Å². The van der Waals surface area contributed by atoms with Gasteiger partial charge in [0.15, 0.2) is 0 Å². The van der Waals surface area contributed by atoms with E-state index >= 15 is 0 Å². The fraction of sp³-hybridized carbons (Fsp3) is 0.176. The lowest BCUT2D eigenvalue weighted by atomic mass is 10.1. The van der Waals surface area contributed by atoms with Gasteiger partial charge in [-0.25, -0.2) is 4.39 Å². The molecule has 130 valence electrons. The molecule has 0 aliphatic rings. The Kier molecular flexibility index (Phi) is 4.82. The maximum Gasteiger partial charge on any atom is 0.280 e. The summed E-state index contributed by atoms with van der Waals surface area (Å²) in [7, 11) is 1.47. The standard InChI is InChI=1S/C17H15FN2O4S/c1-9-10(6-7-24-9)16(21)19-20-17(22)15-11(8-23-2)14-12(18)4-3-5-13(14)25-15/h3-7H,8H2,1-2H3,(H,19,21)(H,20,22). The van der Waals surface area contributed by atoms with E-state index < -0.39 is 17.6 Å². The van der Waals surface area contributed by atoms with Gasteiger partial charge in [0, 0.05) is 22.8 Å². The third kappa shape index (κ3) is 3.26. The summed E-state index contributed by atoms with van der Waals surface area (Å²) in [6.07, 6.45) is 1.39. The summed E-state index contributed by atoms with van der Waals surface area (Å²) in [4.78, 5) is 24.8. The van der Waals surface area contributed by atoms with Crippen LogP contribution in [0.3, 0.4) is 0 Å². The van der Waals surface area contributed by atoms with Gasteiger partial charge < -0.3 is 9.15 Å². The van der Waals surface area contributed by atoms with Crippen molar-refractivity contribution in [2.45, 2.75) is 13.5 Å². The zero-order chi connectivity index (χ0) is 18.0. The number of aryl methyl sites for hydroxylation is 1. The Morgan fingerprint density at radius 2 is 2.00 bits per heavy atom. The number of rotatable bonds is 4. The molecule has 2 heterocycles. The molecule has 0 saturated carbocycles. The molecule has 0 radical (unpaired) electrons. The SMILES string of the molecule is COCc1c(C(=O)NNC(=O)c2ccoc2C)sc2cccc(F)c12. The Morgan fingerprint density at radius 3 is 2.68 bits per heavy atom. The van der Waals surface area contributed by atoms with E-state index in [0.29, 0.717) is 27.0 Å². The summed E-state index contributed by atoms with van der Waals surface area (Å²) in [6.45, 7) is 1.72. The summed E-state index contributed by atoms with van der Waals surface area (Å²) < 4.78 is 24.9. The molecule has 0 atom stereocenters. The van der Waals surface area contributed by atoms with Gasteiger partial charge in [0.25, 0.3) is 11.8 Å². The molecule has 2 aromatic heterocycles. The first-order valence-electron chi connectivity index (χ1n) is 7.36. The molecule has 1 aromatic carbocycles. The highest BCUT2D eigenvalue weighted by Gasteiger charge is 2.21. The van der Waals surface area contributed by atoms with Crippen LogP contribution in [-0.2, 0) is 11.3 Å². The molecule has 0 unspecified atom stereocenters. The van der Waals surface area contributed by atoms with Crippen molar-refractivity contribution in [3.63, 3.8) is 0 Å². The van der Waals surface area contributed by atoms with Crippen LogP contribution in [0.2, 0.25) is 0 Å². The summed E-state index contributed by atoms with van der Waals surface area (Å²) in [5.41, 5.74) is 5.44. The minimum absolute atomic E-state index is 0.0818. The van der Waals surface area contributed by atoms with Crippen LogP contribution < -0.4 is 10.9 Å². The van der Waals surface area contributed by atoms with Crippen LogP contribution >= 0.6 is 11.3 Å². The van der Waals surface area contributed by atoms with E-state index in [1.54, 1.807) is 19.1 Å². The van der Waals surface area contributed by atoms with Crippen molar-refractivity contribution in [2.75, 3.05) is 7.11 Å². The summed E-state index contributed by atoms with van der Waals surface area (Å²) >= 11 is 1.14. The largest absolute Gasteiger partial charge is 0.469 e. The molecule has 6 nitrogen and oxygen atoms in total. The molecule has 0 aliphatic carbocycles. The van der Waals surface area contributed by atoms with Crippen molar-refractivity contribution < 1.29 is 23.1 Å². The first-order chi connectivity index (χ1) is 12.0. The molecule has 0 aliphatic heterocycles. The van der Waals surface area contributed by atoms with E-state index in [1.165, 1.54) is 25.5 Å². The number of carbonyl (C=O) groups is 2. The van der Waals surface area contributed by atoms with Crippen molar-refractivity contribution in [2.24, 2.45) is 0 Å². The Hall–Kier alpha value is -2.71. The van der Waals surface area contributed by atoms with Crippen LogP contribution in [0, 0.1) is 12.7 Å². The second kappa shape index (κ2) is 7.04. The van der Waals surface area contributed by atoms with Gasteiger partial charge in [-0.1, -0.05) is 6.07 Å². The van der Waals surface area contributed by atoms with Gasteiger partial charge in [0.2, 0.25) is 0 Å². The number of hydrogen-bond acceptors (Lipinski definition) is 5. The maximum absolute atomic E-state index is 14.1. The molecule has 0 bridgehead atoms. The zero-order valence-corrected chi connectivity index (χ0v) is 14.3. The van der Waals surface area contributed by atoms with Crippen molar-refractivity contribution >= 4 is 33.2 Å². The quantitative estimate of drug-likeness (QED) is 0.699. The minimum Gasteiger partial charge on any atom is -0.469 e. The van der Waals surface area contributed by atoms with E-state index in [1.807, 2.05) is 0 Å². The van der Waals surface area contributed by atoms with Gasteiger partial charge in [-0.3, -0.25) is 20.4 Å². The number of carbonyl (C=O) groups excluding carboxylic acids is 2. The fourth-order valence-electron chi connectivity index (χ4n) is 2.49. The second-order valence-electron chi connectivity index (χ2n) is 5.25. The first-order valence-corrected chi connectivity index (χ1v) is 8.18. The molecular formula is C17H15FN2O4S. The maximum atomic E-state index is 14.1. The number of thiophene rings is 1. The topological polar surface area (TPSA) is 80.6 Å². The third-order valence-corrected chi connectivity index (χ3v) is 4.85. The molecule has 2 N–H and O–H groups in total. The number of methoxy groups -OCH3 is 1. The molecular weight excluding hydrogens is 347 g/mol. The Bertz CT molecular complexity index is 947. The number of fused-ring (bicyclic) bond motifs is 1. The van der Waals surface area contributed by atoms with Gasteiger partial charge in [-0.05, 0) is 25.1 Å². The smallest absolute Gasteiger partial charge is 0.280 e. The van der Waals surface area contributed by atoms with Crippen LogP contribution in [-0.4, -0.2) is 18.9 Å². The monoisotopic (exact) mass is 362 g/mol. The van der Waals surface area contributed by atoms with Crippen molar-refractivity contribution in [3.8, 4) is 0 Å². The van der Waals surface area contributed by atoms with Crippen LogP contribution in [0.4, 0.5) is 4.39 Å². The number of benzene rings is 1. The van der Waals surface area contributed by atoms with Gasteiger partial charge in [0.1, 0.15) is 16.5 Å². The van der Waals surface area contributed by atoms with Crippen molar-refractivity contribution in [3.05, 3.63) is 58.1 Å². The highest BCUT2D eigenvalue weighted by atomic mass is 32.1. The average molecular weight is 362 g/mol. The number of hydrogen-bond donors (Lipinski definition) is 2. The molecule has 25 heavy (non-hydrogen) atoms. The third-order valence-electron chi connectivity index (χ3n) is 3.65. The number of amides is 2. The predicted molar refractivity (Wildman–Crippen MR) is 90.9 cm³/mol. The van der Waals surface area contributed by atoms with E-state index in [-0.39, 0.29) is 11.5 Å². The summed E-state index contributed by atoms with van der Waals surface area (Å²) in [5.74, 6) is -1.02. The van der Waals surface area contributed by atoms with Gasteiger partial charge in [0.05, 0.1) is 18.4 Å². The zero-order valence-electron chi connectivity index (χ0n) is 13.5. The normalized spacial score (nSPS) is 10.8. The Labute approximate surface area is 146 Å². The number of furan rings is 1. The first kappa shape index (κ1) is 17.1. The highest BCUT2D eigenvalue weighted by Crippen LogP contribution is 2.33. The van der Waals surface area contributed by atoms with E-state index in [0.717, 1.165) is 11.3 Å². The lowest BCUT2D eigenvalue weighted by Gasteiger charge is -2.07. The van der Waals surface area contributed by atoms with Crippen LogP contribution in [0.15, 0.2) is 34.9 Å².